The van der Waals surface area contributed by atoms with E-state index in [0.29, 0.717) is 6.04 Å². The molecule has 0 aliphatic heterocycles. The maximum atomic E-state index is 5.15. The van der Waals surface area contributed by atoms with Crippen molar-refractivity contribution in [2.75, 3.05) is 0 Å². The fourth-order valence-corrected chi connectivity index (χ4v) is 0.355. The van der Waals surface area contributed by atoms with E-state index in [1.807, 2.05) is 6.92 Å². The largest absolute Gasteiger partial charge is 0.375 e. The first kappa shape index (κ1) is 8.65. The Labute approximate surface area is 61.0 Å². The van der Waals surface area contributed by atoms with E-state index in [1.54, 1.807) is 0 Å². The summed E-state index contributed by atoms with van der Waals surface area (Å²) in [6.45, 7) is 4.13. The molecular formula is C5H13N3S. The molecule has 1 unspecified atom stereocenters. The van der Waals surface area contributed by atoms with Gasteiger partial charge in [-0.15, -0.1) is 0 Å². The van der Waals surface area contributed by atoms with Gasteiger partial charge in [-0.25, -0.2) is 5.43 Å². The summed E-state index contributed by atoms with van der Waals surface area (Å²) in [5.41, 5.74) is 10.7. The van der Waals surface area contributed by atoms with Gasteiger partial charge in [0.1, 0.15) is 0 Å². The molecule has 54 valence electrons. The molecule has 9 heavy (non-hydrogen) atoms. The van der Waals surface area contributed by atoms with Crippen molar-refractivity contribution in [1.82, 2.24) is 10.9 Å². The highest BCUT2D eigenvalue weighted by molar-refractivity contribution is 7.80. The lowest BCUT2D eigenvalue weighted by Gasteiger charge is -2.11. The van der Waals surface area contributed by atoms with Crippen LogP contribution in [0.25, 0.3) is 0 Å². The van der Waals surface area contributed by atoms with Crippen LogP contribution in [0.2, 0.25) is 0 Å². The molecule has 0 aliphatic carbocycles. The molecule has 0 radical (unpaired) electrons. The Morgan fingerprint density at radius 2 is 2.33 bits per heavy atom. The topological polar surface area (TPSA) is 50.1 Å². The molecule has 0 fully saturated rings. The van der Waals surface area contributed by atoms with E-state index in [-0.39, 0.29) is 5.11 Å². The summed E-state index contributed by atoms with van der Waals surface area (Å²) in [5, 5.41) is 0.287. The average Bonchev–Trinajstić information content (AvgIpc) is 1.83. The predicted octanol–water partition coefficient (Wildman–Crippen LogP) is 0.123. The first-order valence-electron chi connectivity index (χ1n) is 2.97. The molecule has 1 atom stereocenters. The van der Waals surface area contributed by atoms with E-state index >= 15 is 0 Å². The van der Waals surface area contributed by atoms with Crippen molar-refractivity contribution in [2.24, 2.45) is 5.73 Å². The molecule has 0 saturated carbocycles. The van der Waals surface area contributed by atoms with E-state index in [0.717, 1.165) is 6.42 Å². The molecular weight excluding hydrogens is 134 g/mol. The fourth-order valence-electron chi connectivity index (χ4n) is 0.296. The van der Waals surface area contributed by atoms with Gasteiger partial charge >= 0.3 is 0 Å². The minimum Gasteiger partial charge on any atom is -0.375 e. The Bertz CT molecular complexity index is 94.2. The number of rotatable bonds is 3. The molecule has 0 aromatic rings. The standard InChI is InChI=1S/C5H13N3S/c1-3-4(2)7-8-5(6)9/h4,7H,3H2,1-2H3,(H3,6,8,9). The van der Waals surface area contributed by atoms with Crippen LogP contribution < -0.4 is 16.6 Å². The van der Waals surface area contributed by atoms with Gasteiger partial charge < -0.3 is 5.73 Å². The van der Waals surface area contributed by atoms with Crippen LogP contribution in [0.4, 0.5) is 0 Å². The van der Waals surface area contributed by atoms with Gasteiger partial charge in [0.2, 0.25) is 0 Å². The minimum atomic E-state index is 0.287. The Morgan fingerprint density at radius 1 is 1.78 bits per heavy atom. The van der Waals surface area contributed by atoms with Crippen LogP contribution in [-0.2, 0) is 0 Å². The fraction of sp³-hybridized carbons (Fsp3) is 0.800. The van der Waals surface area contributed by atoms with E-state index in [4.69, 9.17) is 5.73 Å². The maximum Gasteiger partial charge on any atom is 0.178 e. The molecule has 0 amide bonds. The monoisotopic (exact) mass is 147 g/mol. The molecule has 0 aromatic carbocycles. The third-order valence-electron chi connectivity index (χ3n) is 1.05. The molecule has 0 rings (SSSR count). The first-order chi connectivity index (χ1) is 4.16. The Balaban J connectivity index is 3.16. The average molecular weight is 147 g/mol. The van der Waals surface area contributed by atoms with Crippen molar-refractivity contribution in [3.63, 3.8) is 0 Å². The quantitative estimate of drug-likeness (QED) is 0.392. The lowest BCUT2D eigenvalue weighted by atomic mass is 10.3. The van der Waals surface area contributed by atoms with Crippen molar-refractivity contribution >= 4 is 17.3 Å². The van der Waals surface area contributed by atoms with Crippen LogP contribution in [0.3, 0.4) is 0 Å². The second kappa shape index (κ2) is 4.52. The van der Waals surface area contributed by atoms with Crippen LogP contribution >= 0.6 is 12.2 Å². The van der Waals surface area contributed by atoms with Gasteiger partial charge in [0.25, 0.3) is 0 Å². The van der Waals surface area contributed by atoms with Gasteiger partial charge in [-0.1, -0.05) is 6.92 Å². The lowest BCUT2D eigenvalue weighted by Crippen LogP contribution is -2.45. The lowest BCUT2D eigenvalue weighted by molar-refractivity contribution is 0.510. The summed E-state index contributed by atoms with van der Waals surface area (Å²) in [7, 11) is 0. The smallest absolute Gasteiger partial charge is 0.178 e. The molecule has 4 heteroatoms. The van der Waals surface area contributed by atoms with Gasteiger partial charge in [-0.2, -0.15) is 0 Å². The van der Waals surface area contributed by atoms with Crippen LogP contribution in [0.5, 0.6) is 0 Å². The summed E-state index contributed by atoms with van der Waals surface area (Å²) in [4.78, 5) is 0. The van der Waals surface area contributed by atoms with Crippen molar-refractivity contribution < 1.29 is 0 Å². The summed E-state index contributed by atoms with van der Waals surface area (Å²) < 4.78 is 0. The molecule has 0 saturated heterocycles. The zero-order chi connectivity index (χ0) is 7.28. The van der Waals surface area contributed by atoms with Gasteiger partial charge in [0.05, 0.1) is 0 Å². The maximum absolute atomic E-state index is 5.15. The predicted molar refractivity (Wildman–Crippen MR) is 42.8 cm³/mol. The number of hydrogen-bond donors (Lipinski definition) is 3. The van der Waals surface area contributed by atoms with Crippen molar-refractivity contribution in [2.45, 2.75) is 26.3 Å². The zero-order valence-corrected chi connectivity index (χ0v) is 6.59. The summed E-state index contributed by atoms with van der Waals surface area (Å²) in [6, 6.07) is 0.409. The van der Waals surface area contributed by atoms with E-state index in [1.165, 1.54) is 0 Å². The van der Waals surface area contributed by atoms with Crippen LogP contribution in [0.1, 0.15) is 20.3 Å². The van der Waals surface area contributed by atoms with Gasteiger partial charge in [-0.3, -0.25) is 5.43 Å². The number of hydrogen-bond acceptors (Lipinski definition) is 2. The normalized spacial score (nSPS) is 12.7. The van der Waals surface area contributed by atoms with E-state index in [9.17, 15) is 0 Å². The molecule has 3 nitrogen and oxygen atoms in total. The second-order valence-electron chi connectivity index (χ2n) is 1.94. The minimum absolute atomic E-state index is 0.287. The molecule has 4 N–H and O–H groups in total. The Hall–Kier alpha value is -0.350. The van der Waals surface area contributed by atoms with Crippen molar-refractivity contribution in [3.8, 4) is 0 Å². The molecule has 0 heterocycles. The first-order valence-corrected chi connectivity index (χ1v) is 3.38. The number of nitrogens with two attached hydrogens (primary N) is 1. The number of thiocarbonyl (C=S) groups is 1. The van der Waals surface area contributed by atoms with Crippen LogP contribution in [-0.4, -0.2) is 11.2 Å². The highest BCUT2D eigenvalue weighted by Gasteiger charge is 1.93. The molecule has 0 spiro atoms. The van der Waals surface area contributed by atoms with Gasteiger partial charge in [0, 0.05) is 6.04 Å². The van der Waals surface area contributed by atoms with E-state index < -0.39 is 0 Å². The SMILES string of the molecule is CCC(C)NNC(N)=S. The van der Waals surface area contributed by atoms with Crippen molar-refractivity contribution in [3.05, 3.63) is 0 Å². The highest BCUT2D eigenvalue weighted by Crippen LogP contribution is 1.83. The number of nitrogens with one attached hydrogen (secondary N) is 2. The third-order valence-corrected chi connectivity index (χ3v) is 1.16. The Morgan fingerprint density at radius 3 is 2.67 bits per heavy atom. The second-order valence-corrected chi connectivity index (χ2v) is 2.38. The summed E-state index contributed by atoms with van der Waals surface area (Å²) >= 11 is 4.57. The van der Waals surface area contributed by atoms with Crippen LogP contribution in [0, 0.1) is 0 Å². The molecule has 0 bridgehead atoms. The third kappa shape index (κ3) is 5.52. The van der Waals surface area contributed by atoms with E-state index in [2.05, 4.69) is 30.0 Å². The van der Waals surface area contributed by atoms with Crippen molar-refractivity contribution in [1.29, 1.82) is 0 Å². The summed E-state index contributed by atoms with van der Waals surface area (Å²) in [5.74, 6) is 0. The highest BCUT2D eigenvalue weighted by atomic mass is 32.1. The van der Waals surface area contributed by atoms with Gasteiger partial charge in [0.15, 0.2) is 5.11 Å². The zero-order valence-electron chi connectivity index (χ0n) is 5.77. The molecule has 0 aromatic heterocycles. The van der Waals surface area contributed by atoms with Crippen LogP contribution in [0.15, 0.2) is 0 Å². The van der Waals surface area contributed by atoms with Gasteiger partial charge in [-0.05, 0) is 25.6 Å². The number of hydrazine groups is 1. The summed E-state index contributed by atoms with van der Waals surface area (Å²) in [6.07, 6.45) is 1.05. The molecule has 0 aliphatic rings. The Kier molecular flexibility index (Phi) is 4.35.